The Kier molecular flexibility index (Phi) is 4.47. The predicted molar refractivity (Wildman–Crippen MR) is 94.8 cm³/mol. The van der Waals surface area contributed by atoms with Gasteiger partial charge in [-0.3, -0.25) is 10.1 Å². The standard InChI is InChI=1S/C17H15N3O5S/c1-19(2)17-16(26(23,24)14-6-4-3-5-7-14)18-15(25-17)12-8-10-13(11-9-12)20(21)22/h3-11H,1-2H3. The van der Waals surface area contributed by atoms with Crippen LogP contribution in [0.5, 0.6) is 0 Å². The minimum atomic E-state index is -3.88. The van der Waals surface area contributed by atoms with Crippen LogP contribution in [0.2, 0.25) is 0 Å². The van der Waals surface area contributed by atoms with Crippen molar-refractivity contribution in [3.63, 3.8) is 0 Å². The summed E-state index contributed by atoms with van der Waals surface area (Å²) in [6.45, 7) is 0. The second-order valence-electron chi connectivity index (χ2n) is 5.64. The van der Waals surface area contributed by atoms with E-state index in [9.17, 15) is 18.5 Å². The van der Waals surface area contributed by atoms with Crippen LogP contribution in [0.25, 0.3) is 11.5 Å². The van der Waals surface area contributed by atoms with Crippen LogP contribution in [0.1, 0.15) is 0 Å². The van der Waals surface area contributed by atoms with Crippen molar-refractivity contribution in [3.05, 3.63) is 64.7 Å². The molecule has 26 heavy (non-hydrogen) atoms. The summed E-state index contributed by atoms with van der Waals surface area (Å²) in [5, 5.41) is 10.6. The Bertz CT molecular complexity index is 1040. The van der Waals surface area contributed by atoms with E-state index in [0.717, 1.165) is 0 Å². The van der Waals surface area contributed by atoms with Gasteiger partial charge in [0.25, 0.3) is 5.69 Å². The number of sulfone groups is 1. The molecule has 0 fully saturated rings. The first kappa shape index (κ1) is 17.6. The van der Waals surface area contributed by atoms with Crippen molar-refractivity contribution in [3.8, 4) is 11.5 Å². The molecule has 3 rings (SSSR count). The fourth-order valence-corrected chi connectivity index (χ4v) is 3.71. The van der Waals surface area contributed by atoms with Crippen LogP contribution in [0.3, 0.4) is 0 Å². The molecule has 0 atom stereocenters. The van der Waals surface area contributed by atoms with E-state index in [1.807, 2.05) is 0 Å². The Hall–Kier alpha value is -3.20. The zero-order chi connectivity index (χ0) is 18.9. The number of non-ortho nitro benzene ring substituents is 1. The van der Waals surface area contributed by atoms with Crippen molar-refractivity contribution in [2.24, 2.45) is 0 Å². The lowest BCUT2D eigenvalue weighted by Gasteiger charge is -2.09. The zero-order valence-corrected chi connectivity index (χ0v) is 14.8. The highest BCUT2D eigenvalue weighted by Gasteiger charge is 2.29. The van der Waals surface area contributed by atoms with Crippen LogP contribution in [0.4, 0.5) is 11.6 Å². The van der Waals surface area contributed by atoms with Gasteiger partial charge < -0.3 is 9.32 Å². The lowest BCUT2D eigenvalue weighted by atomic mass is 10.2. The summed E-state index contributed by atoms with van der Waals surface area (Å²) in [5.74, 6) is 0.153. The van der Waals surface area contributed by atoms with E-state index in [-0.39, 0.29) is 27.4 Å². The molecular formula is C17H15N3O5S. The van der Waals surface area contributed by atoms with E-state index in [2.05, 4.69) is 4.98 Å². The molecule has 0 spiro atoms. The van der Waals surface area contributed by atoms with E-state index in [1.165, 1.54) is 41.3 Å². The fraction of sp³-hybridized carbons (Fsp3) is 0.118. The van der Waals surface area contributed by atoms with E-state index < -0.39 is 14.8 Å². The summed E-state index contributed by atoms with van der Waals surface area (Å²) in [7, 11) is -0.592. The number of oxazole rings is 1. The minimum Gasteiger partial charge on any atom is -0.419 e. The van der Waals surface area contributed by atoms with Gasteiger partial charge in [-0.2, -0.15) is 4.98 Å². The Morgan fingerprint density at radius 3 is 2.19 bits per heavy atom. The summed E-state index contributed by atoms with van der Waals surface area (Å²) in [5.41, 5.74) is 0.360. The maximum Gasteiger partial charge on any atom is 0.269 e. The molecule has 8 nitrogen and oxygen atoms in total. The molecule has 0 bridgehead atoms. The molecule has 0 unspecified atom stereocenters. The number of hydrogen-bond donors (Lipinski definition) is 0. The van der Waals surface area contributed by atoms with Crippen molar-refractivity contribution >= 4 is 21.4 Å². The van der Waals surface area contributed by atoms with E-state index >= 15 is 0 Å². The smallest absolute Gasteiger partial charge is 0.269 e. The molecule has 0 aliphatic rings. The van der Waals surface area contributed by atoms with E-state index in [1.54, 1.807) is 32.3 Å². The topological polar surface area (TPSA) is 107 Å². The number of nitro groups is 1. The van der Waals surface area contributed by atoms with Crippen LogP contribution >= 0.6 is 0 Å². The van der Waals surface area contributed by atoms with Crippen LogP contribution in [-0.2, 0) is 9.84 Å². The molecule has 1 aromatic heterocycles. The van der Waals surface area contributed by atoms with Crippen LogP contribution < -0.4 is 4.90 Å². The van der Waals surface area contributed by atoms with Gasteiger partial charge in [-0.15, -0.1) is 0 Å². The summed E-state index contributed by atoms with van der Waals surface area (Å²) in [6, 6.07) is 13.5. The van der Waals surface area contributed by atoms with Crippen molar-refractivity contribution in [1.82, 2.24) is 4.98 Å². The predicted octanol–water partition coefficient (Wildman–Crippen LogP) is 3.15. The summed E-state index contributed by atoms with van der Waals surface area (Å²) in [4.78, 5) is 16.0. The quantitative estimate of drug-likeness (QED) is 0.499. The summed E-state index contributed by atoms with van der Waals surface area (Å²) >= 11 is 0. The van der Waals surface area contributed by atoms with E-state index in [4.69, 9.17) is 4.42 Å². The second kappa shape index (κ2) is 6.60. The molecule has 0 aliphatic heterocycles. The van der Waals surface area contributed by atoms with Gasteiger partial charge in [-0.25, -0.2) is 8.42 Å². The first-order chi connectivity index (χ1) is 12.3. The van der Waals surface area contributed by atoms with Crippen LogP contribution in [-0.4, -0.2) is 32.4 Å². The highest BCUT2D eigenvalue weighted by molar-refractivity contribution is 7.91. The molecule has 0 aliphatic carbocycles. The molecule has 0 amide bonds. The average Bonchev–Trinajstić information content (AvgIpc) is 3.09. The van der Waals surface area contributed by atoms with Gasteiger partial charge in [0.1, 0.15) is 0 Å². The molecular weight excluding hydrogens is 358 g/mol. The lowest BCUT2D eigenvalue weighted by Crippen LogP contribution is -2.13. The Morgan fingerprint density at radius 2 is 1.65 bits per heavy atom. The third-order valence-electron chi connectivity index (χ3n) is 3.62. The second-order valence-corrected chi connectivity index (χ2v) is 7.51. The molecule has 134 valence electrons. The summed E-state index contributed by atoms with van der Waals surface area (Å²) in [6.07, 6.45) is 0. The zero-order valence-electron chi connectivity index (χ0n) is 14.0. The number of anilines is 1. The molecule has 0 radical (unpaired) electrons. The molecule has 2 aromatic carbocycles. The third kappa shape index (κ3) is 3.16. The van der Waals surface area contributed by atoms with Gasteiger partial charge in [-0.1, -0.05) is 18.2 Å². The van der Waals surface area contributed by atoms with Crippen molar-refractivity contribution in [1.29, 1.82) is 0 Å². The number of nitrogens with zero attached hydrogens (tertiary/aromatic N) is 3. The van der Waals surface area contributed by atoms with Crippen LogP contribution in [0, 0.1) is 10.1 Å². The maximum atomic E-state index is 12.9. The van der Waals surface area contributed by atoms with Gasteiger partial charge in [-0.05, 0) is 24.3 Å². The fourth-order valence-electron chi connectivity index (χ4n) is 2.32. The van der Waals surface area contributed by atoms with Crippen molar-refractivity contribution in [2.75, 3.05) is 19.0 Å². The van der Waals surface area contributed by atoms with Gasteiger partial charge in [0, 0.05) is 31.8 Å². The van der Waals surface area contributed by atoms with Gasteiger partial charge in [0.15, 0.2) is 0 Å². The summed E-state index contributed by atoms with van der Waals surface area (Å²) < 4.78 is 31.5. The van der Waals surface area contributed by atoms with Gasteiger partial charge in [0.2, 0.25) is 26.6 Å². The third-order valence-corrected chi connectivity index (χ3v) is 5.29. The molecule has 0 saturated heterocycles. The molecule has 1 heterocycles. The number of benzene rings is 2. The number of aromatic nitrogens is 1. The van der Waals surface area contributed by atoms with E-state index in [0.29, 0.717) is 5.56 Å². The molecule has 0 saturated carbocycles. The first-order valence-electron chi connectivity index (χ1n) is 7.54. The molecule has 9 heteroatoms. The average molecular weight is 373 g/mol. The first-order valence-corrected chi connectivity index (χ1v) is 9.02. The number of nitro benzene ring substituents is 1. The van der Waals surface area contributed by atoms with Crippen molar-refractivity contribution < 1.29 is 17.8 Å². The monoisotopic (exact) mass is 373 g/mol. The Balaban J connectivity index is 2.11. The molecule has 0 N–H and O–H groups in total. The Morgan fingerprint density at radius 1 is 1.04 bits per heavy atom. The number of hydrogen-bond acceptors (Lipinski definition) is 7. The maximum absolute atomic E-state index is 12.9. The highest BCUT2D eigenvalue weighted by Crippen LogP contribution is 2.34. The SMILES string of the molecule is CN(C)c1oc(-c2ccc([N+](=O)[O-])cc2)nc1S(=O)(=O)c1ccccc1. The van der Waals surface area contributed by atoms with Crippen LogP contribution in [0.15, 0.2) is 68.9 Å². The normalized spacial score (nSPS) is 11.3. The largest absolute Gasteiger partial charge is 0.419 e. The number of rotatable bonds is 5. The Labute approximate surface area is 149 Å². The molecule has 3 aromatic rings. The minimum absolute atomic E-state index is 0.0677. The highest BCUT2D eigenvalue weighted by atomic mass is 32.2. The van der Waals surface area contributed by atoms with Gasteiger partial charge >= 0.3 is 0 Å². The van der Waals surface area contributed by atoms with Gasteiger partial charge in [0.05, 0.1) is 9.82 Å². The lowest BCUT2D eigenvalue weighted by molar-refractivity contribution is -0.384. The van der Waals surface area contributed by atoms with Crippen molar-refractivity contribution in [2.45, 2.75) is 9.92 Å².